The number of fused-ring (bicyclic) bond motifs is 1. The van der Waals surface area contributed by atoms with Crippen molar-refractivity contribution in [3.8, 4) is 0 Å². The minimum Gasteiger partial charge on any atom is -0.371 e. The number of carbonyl (C=O) groups excluding carboxylic acids is 2. The van der Waals surface area contributed by atoms with Gasteiger partial charge >= 0.3 is 0 Å². The number of amides is 2. The van der Waals surface area contributed by atoms with Crippen molar-refractivity contribution in [3.05, 3.63) is 36.0 Å². The van der Waals surface area contributed by atoms with Crippen LogP contribution in [0.1, 0.15) is 12.1 Å². The molecule has 5 heteroatoms. The van der Waals surface area contributed by atoms with Gasteiger partial charge in [-0.2, -0.15) is 0 Å². The molecule has 2 amide bonds. The van der Waals surface area contributed by atoms with Crippen molar-refractivity contribution in [1.82, 2.24) is 10.3 Å². The molecule has 0 spiro atoms. The summed E-state index contributed by atoms with van der Waals surface area (Å²) in [6.45, 7) is 1.92. The number of imide groups is 1. The molecule has 19 heavy (non-hydrogen) atoms. The third-order valence-electron chi connectivity index (χ3n) is 3.16. The van der Waals surface area contributed by atoms with E-state index < -0.39 is 6.04 Å². The summed E-state index contributed by atoms with van der Waals surface area (Å²) in [6, 6.07) is 9.15. The number of nitrogens with zero attached hydrogens (tertiary/aromatic N) is 1. The number of anilines is 1. The van der Waals surface area contributed by atoms with Crippen LogP contribution >= 0.6 is 0 Å². The van der Waals surface area contributed by atoms with Crippen molar-refractivity contribution in [2.45, 2.75) is 19.4 Å². The Balaban J connectivity index is 1.99. The highest BCUT2D eigenvalue weighted by Gasteiger charge is 2.30. The zero-order valence-electron chi connectivity index (χ0n) is 10.4. The molecule has 1 saturated heterocycles. The van der Waals surface area contributed by atoms with Crippen molar-refractivity contribution in [2.75, 3.05) is 5.32 Å². The first kappa shape index (κ1) is 11.6. The summed E-state index contributed by atoms with van der Waals surface area (Å²) in [4.78, 5) is 27.2. The maximum Gasteiger partial charge on any atom is 0.249 e. The number of pyridine rings is 1. The second kappa shape index (κ2) is 4.35. The van der Waals surface area contributed by atoms with E-state index in [9.17, 15) is 9.59 Å². The maximum atomic E-state index is 11.6. The summed E-state index contributed by atoms with van der Waals surface area (Å²) in [7, 11) is 0. The predicted molar refractivity (Wildman–Crippen MR) is 71.7 cm³/mol. The summed E-state index contributed by atoms with van der Waals surface area (Å²) in [5.41, 5.74) is 2.50. The lowest BCUT2D eigenvalue weighted by molar-refractivity contribution is -0.124. The number of aryl methyl sites for hydroxylation is 1. The molecule has 96 valence electrons. The van der Waals surface area contributed by atoms with E-state index in [0.29, 0.717) is 0 Å². The molecule has 5 nitrogen and oxygen atoms in total. The molecular formula is C14H13N3O2. The van der Waals surface area contributed by atoms with Crippen LogP contribution in [-0.2, 0) is 9.59 Å². The van der Waals surface area contributed by atoms with Crippen LogP contribution in [0.3, 0.4) is 0 Å². The summed E-state index contributed by atoms with van der Waals surface area (Å²) < 4.78 is 0. The van der Waals surface area contributed by atoms with Gasteiger partial charge in [-0.05, 0) is 19.1 Å². The minimum atomic E-state index is -0.514. The lowest BCUT2D eigenvalue weighted by Crippen LogP contribution is -2.30. The predicted octanol–water partition coefficient (Wildman–Crippen LogP) is 1.37. The molecule has 3 rings (SSSR count). The average molecular weight is 255 g/mol. The maximum absolute atomic E-state index is 11.6. The number of carbonyl (C=O) groups is 2. The molecule has 1 aromatic heterocycles. The van der Waals surface area contributed by atoms with Crippen LogP contribution in [0.15, 0.2) is 30.3 Å². The third kappa shape index (κ3) is 2.14. The first-order chi connectivity index (χ1) is 9.13. The zero-order chi connectivity index (χ0) is 13.4. The normalized spacial score (nSPS) is 18.7. The van der Waals surface area contributed by atoms with Crippen LogP contribution in [0.25, 0.3) is 10.9 Å². The molecule has 0 bridgehead atoms. The quantitative estimate of drug-likeness (QED) is 0.795. The molecule has 1 atom stereocenters. The Morgan fingerprint density at radius 1 is 1.26 bits per heavy atom. The second-order valence-corrected chi connectivity index (χ2v) is 4.64. The number of aromatic nitrogens is 1. The Hall–Kier alpha value is -2.43. The van der Waals surface area contributed by atoms with Gasteiger partial charge in [0, 0.05) is 11.1 Å². The fourth-order valence-corrected chi connectivity index (χ4v) is 2.22. The molecule has 0 aliphatic carbocycles. The third-order valence-corrected chi connectivity index (χ3v) is 3.16. The number of nitrogens with one attached hydrogen (secondary N) is 2. The number of rotatable bonds is 2. The molecule has 1 aliphatic rings. The first-order valence-corrected chi connectivity index (χ1v) is 6.10. The van der Waals surface area contributed by atoms with E-state index in [2.05, 4.69) is 15.6 Å². The second-order valence-electron chi connectivity index (χ2n) is 4.64. The van der Waals surface area contributed by atoms with Crippen molar-refractivity contribution in [1.29, 1.82) is 0 Å². The Labute approximate surface area is 110 Å². The Bertz CT molecular complexity index is 681. The van der Waals surface area contributed by atoms with Crippen LogP contribution in [0.4, 0.5) is 5.69 Å². The highest BCUT2D eigenvalue weighted by atomic mass is 16.2. The van der Waals surface area contributed by atoms with Gasteiger partial charge in [-0.3, -0.25) is 19.9 Å². The lowest BCUT2D eigenvalue weighted by atomic mass is 10.1. The number of para-hydroxylation sites is 1. The van der Waals surface area contributed by atoms with Crippen LogP contribution < -0.4 is 10.6 Å². The van der Waals surface area contributed by atoms with E-state index in [1.165, 1.54) is 0 Å². The van der Waals surface area contributed by atoms with Crippen LogP contribution in [0, 0.1) is 6.92 Å². The molecule has 0 radical (unpaired) electrons. The Morgan fingerprint density at radius 3 is 2.84 bits per heavy atom. The highest BCUT2D eigenvalue weighted by Crippen LogP contribution is 2.23. The van der Waals surface area contributed by atoms with Crippen LogP contribution in [0.5, 0.6) is 0 Å². The molecule has 2 heterocycles. The summed E-state index contributed by atoms with van der Waals surface area (Å²) in [6.07, 6.45) is 0.168. The molecule has 2 N–H and O–H groups in total. The first-order valence-electron chi connectivity index (χ1n) is 6.10. The number of benzene rings is 1. The van der Waals surface area contributed by atoms with Crippen LogP contribution in [-0.4, -0.2) is 22.8 Å². The number of hydrogen-bond acceptors (Lipinski definition) is 4. The standard InChI is InChI=1S/C14H13N3O2/c1-8-5-6-9-3-2-4-10(13(9)15-8)16-11-7-12(18)17-14(11)19/h2-6,11,16H,7H2,1H3,(H,17,18,19). The van der Waals surface area contributed by atoms with E-state index >= 15 is 0 Å². The van der Waals surface area contributed by atoms with Gasteiger partial charge in [-0.25, -0.2) is 0 Å². The van der Waals surface area contributed by atoms with Gasteiger partial charge in [0.1, 0.15) is 6.04 Å². The van der Waals surface area contributed by atoms with Crippen molar-refractivity contribution >= 4 is 28.4 Å². The van der Waals surface area contributed by atoms with Gasteiger partial charge in [-0.15, -0.1) is 0 Å². The van der Waals surface area contributed by atoms with Crippen molar-refractivity contribution in [2.24, 2.45) is 0 Å². The molecular weight excluding hydrogens is 242 g/mol. The van der Waals surface area contributed by atoms with E-state index in [0.717, 1.165) is 22.3 Å². The molecule has 1 unspecified atom stereocenters. The van der Waals surface area contributed by atoms with Gasteiger partial charge in [0.05, 0.1) is 17.6 Å². The van der Waals surface area contributed by atoms with E-state index in [4.69, 9.17) is 0 Å². The molecule has 1 fully saturated rings. The largest absolute Gasteiger partial charge is 0.371 e. The fraction of sp³-hybridized carbons (Fsp3) is 0.214. The SMILES string of the molecule is Cc1ccc2cccc(NC3CC(=O)NC3=O)c2n1. The Morgan fingerprint density at radius 2 is 2.11 bits per heavy atom. The molecule has 2 aromatic rings. The van der Waals surface area contributed by atoms with Gasteiger partial charge in [0.25, 0.3) is 0 Å². The molecule has 1 aliphatic heterocycles. The van der Waals surface area contributed by atoms with E-state index in [1.807, 2.05) is 37.3 Å². The summed E-state index contributed by atoms with van der Waals surface area (Å²) in [5, 5.41) is 6.38. The van der Waals surface area contributed by atoms with Gasteiger partial charge in [0.15, 0.2) is 0 Å². The van der Waals surface area contributed by atoms with E-state index in [1.54, 1.807) is 0 Å². The van der Waals surface area contributed by atoms with Gasteiger partial charge in [-0.1, -0.05) is 18.2 Å². The summed E-state index contributed by atoms with van der Waals surface area (Å²) >= 11 is 0. The van der Waals surface area contributed by atoms with E-state index in [-0.39, 0.29) is 18.2 Å². The topological polar surface area (TPSA) is 71.1 Å². The fourth-order valence-electron chi connectivity index (χ4n) is 2.22. The highest BCUT2D eigenvalue weighted by molar-refractivity contribution is 6.07. The number of hydrogen-bond donors (Lipinski definition) is 2. The Kier molecular flexibility index (Phi) is 2.67. The van der Waals surface area contributed by atoms with Crippen LogP contribution in [0.2, 0.25) is 0 Å². The smallest absolute Gasteiger partial charge is 0.249 e. The average Bonchev–Trinajstić information content (AvgIpc) is 2.69. The van der Waals surface area contributed by atoms with Gasteiger partial charge < -0.3 is 5.32 Å². The lowest BCUT2D eigenvalue weighted by Gasteiger charge is -2.12. The van der Waals surface area contributed by atoms with Crippen molar-refractivity contribution < 1.29 is 9.59 Å². The summed E-state index contributed by atoms with van der Waals surface area (Å²) in [5.74, 6) is -0.526. The zero-order valence-corrected chi connectivity index (χ0v) is 10.4. The van der Waals surface area contributed by atoms with Gasteiger partial charge in [0.2, 0.25) is 11.8 Å². The molecule has 0 saturated carbocycles. The van der Waals surface area contributed by atoms with Crippen molar-refractivity contribution in [3.63, 3.8) is 0 Å². The minimum absolute atomic E-state index is 0.168. The molecule has 1 aromatic carbocycles. The monoisotopic (exact) mass is 255 g/mol.